The van der Waals surface area contributed by atoms with Gasteiger partial charge in [-0.05, 0) is 31.2 Å². The third kappa shape index (κ3) is 3.94. The molecule has 0 fully saturated rings. The first kappa shape index (κ1) is 19.3. The first-order chi connectivity index (χ1) is 12.6. The van der Waals surface area contributed by atoms with Crippen LogP contribution in [0.1, 0.15) is 12.6 Å². The lowest BCUT2D eigenvalue weighted by Gasteiger charge is -2.11. The summed E-state index contributed by atoms with van der Waals surface area (Å²) in [6.07, 6.45) is -2.10. The van der Waals surface area contributed by atoms with Gasteiger partial charge in [0.2, 0.25) is 10.0 Å². The Balaban J connectivity index is 2.00. The molecule has 0 spiro atoms. The van der Waals surface area contributed by atoms with Crippen molar-refractivity contribution in [2.24, 2.45) is 0 Å². The van der Waals surface area contributed by atoms with E-state index in [1.54, 1.807) is 0 Å². The largest absolute Gasteiger partial charge is 0.431 e. The van der Waals surface area contributed by atoms with E-state index < -0.39 is 27.9 Å². The van der Waals surface area contributed by atoms with Crippen molar-refractivity contribution in [3.8, 4) is 11.3 Å². The number of sulfonamides is 1. The SMILES string of the molecule is CC(CO)NS(=O)(=O)c1ccc(-c2ccnc3[nH]c(C(F)(F)F)cc23)nc1. The summed E-state index contributed by atoms with van der Waals surface area (Å²) in [6.45, 7) is 1.13. The molecule has 3 aromatic heterocycles. The van der Waals surface area contributed by atoms with Crippen molar-refractivity contribution in [2.45, 2.75) is 24.0 Å². The molecular weight excluding hydrogens is 385 g/mol. The molecule has 0 saturated carbocycles. The second kappa shape index (κ2) is 6.91. The lowest BCUT2D eigenvalue weighted by molar-refractivity contribution is -0.140. The molecule has 11 heteroatoms. The quantitative estimate of drug-likeness (QED) is 0.609. The van der Waals surface area contributed by atoms with Gasteiger partial charge in [-0.2, -0.15) is 13.2 Å². The molecule has 0 radical (unpaired) electrons. The highest BCUT2D eigenvalue weighted by atomic mass is 32.2. The second-order valence-electron chi connectivity index (χ2n) is 5.89. The molecule has 0 aromatic carbocycles. The molecule has 3 N–H and O–H groups in total. The summed E-state index contributed by atoms with van der Waals surface area (Å²) in [4.78, 5) is 10.0. The molecule has 0 aliphatic rings. The predicted molar refractivity (Wildman–Crippen MR) is 91.2 cm³/mol. The molecule has 7 nitrogen and oxygen atoms in total. The molecule has 3 rings (SSSR count). The number of nitrogens with one attached hydrogen (secondary N) is 2. The molecule has 144 valence electrons. The Bertz CT molecular complexity index is 1060. The Morgan fingerprint density at radius 3 is 2.59 bits per heavy atom. The van der Waals surface area contributed by atoms with Crippen molar-refractivity contribution >= 4 is 21.1 Å². The molecule has 1 atom stereocenters. The molecule has 27 heavy (non-hydrogen) atoms. The number of aromatic nitrogens is 3. The third-order valence-electron chi connectivity index (χ3n) is 3.79. The standard InChI is InChI=1S/C16H15F3N4O3S/c1-9(8-24)23-27(25,26)10-2-3-13(21-7-10)11-4-5-20-15-12(11)6-14(22-15)16(17,18)19/h2-7,9,23-24H,8H2,1H3,(H,20,22). The Hall–Kier alpha value is -2.50. The van der Waals surface area contributed by atoms with E-state index >= 15 is 0 Å². The first-order valence-corrected chi connectivity index (χ1v) is 9.24. The Labute approximate surface area is 152 Å². The van der Waals surface area contributed by atoms with Gasteiger partial charge in [-0.1, -0.05) is 0 Å². The van der Waals surface area contributed by atoms with Crippen LogP contribution in [-0.2, 0) is 16.2 Å². The monoisotopic (exact) mass is 400 g/mol. The van der Waals surface area contributed by atoms with Crippen molar-refractivity contribution in [1.29, 1.82) is 0 Å². The number of nitrogens with zero attached hydrogens (tertiary/aromatic N) is 2. The molecule has 0 saturated heterocycles. The Kier molecular flexibility index (Phi) is 4.93. The number of halogens is 3. The number of rotatable bonds is 5. The Morgan fingerprint density at radius 2 is 2.00 bits per heavy atom. The van der Waals surface area contributed by atoms with E-state index in [-0.39, 0.29) is 22.5 Å². The summed E-state index contributed by atoms with van der Waals surface area (Å²) < 4.78 is 65.4. The van der Waals surface area contributed by atoms with E-state index in [4.69, 9.17) is 5.11 Å². The van der Waals surface area contributed by atoms with E-state index in [2.05, 4.69) is 19.7 Å². The summed E-state index contributed by atoms with van der Waals surface area (Å²) in [5.74, 6) is 0. The number of H-pyrrole nitrogens is 1. The van der Waals surface area contributed by atoms with Crippen molar-refractivity contribution in [2.75, 3.05) is 6.61 Å². The van der Waals surface area contributed by atoms with Gasteiger partial charge in [0.1, 0.15) is 16.2 Å². The molecule has 0 bridgehead atoms. The van der Waals surface area contributed by atoms with Crippen LogP contribution in [0.15, 0.2) is 41.6 Å². The number of hydrogen-bond donors (Lipinski definition) is 3. The van der Waals surface area contributed by atoms with Crippen LogP contribution in [-0.4, -0.2) is 41.1 Å². The number of hydrogen-bond acceptors (Lipinski definition) is 5. The van der Waals surface area contributed by atoms with Gasteiger partial charge in [0, 0.05) is 29.4 Å². The summed E-state index contributed by atoms with van der Waals surface area (Å²) in [5.41, 5.74) is -0.202. The minimum absolute atomic E-state index is 0.0526. The summed E-state index contributed by atoms with van der Waals surface area (Å²) in [5, 5.41) is 9.19. The lowest BCUT2D eigenvalue weighted by atomic mass is 10.1. The maximum absolute atomic E-state index is 12.9. The number of aliphatic hydroxyl groups excluding tert-OH is 1. The number of alkyl halides is 3. The van der Waals surface area contributed by atoms with Gasteiger partial charge in [0.25, 0.3) is 0 Å². The number of fused-ring (bicyclic) bond motifs is 1. The second-order valence-corrected chi connectivity index (χ2v) is 7.60. The zero-order chi connectivity index (χ0) is 19.8. The van der Waals surface area contributed by atoms with Crippen LogP contribution in [0.3, 0.4) is 0 Å². The van der Waals surface area contributed by atoms with E-state index in [0.717, 1.165) is 12.3 Å². The average molecular weight is 400 g/mol. The molecule has 0 amide bonds. The van der Waals surface area contributed by atoms with Gasteiger partial charge in [0.05, 0.1) is 12.3 Å². The minimum atomic E-state index is -4.54. The minimum Gasteiger partial charge on any atom is -0.395 e. The smallest absolute Gasteiger partial charge is 0.395 e. The average Bonchev–Trinajstić information content (AvgIpc) is 3.06. The Morgan fingerprint density at radius 1 is 1.26 bits per heavy atom. The highest BCUT2D eigenvalue weighted by molar-refractivity contribution is 7.89. The van der Waals surface area contributed by atoms with Crippen LogP contribution < -0.4 is 4.72 Å². The zero-order valence-electron chi connectivity index (χ0n) is 13.9. The highest BCUT2D eigenvalue weighted by Gasteiger charge is 2.33. The molecular formula is C16H15F3N4O3S. The van der Waals surface area contributed by atoms with Crippen LogP contribution in [0.5, 0.6) is 0 Å². The molecule has 3 heterocycles. The molecule has 1 unspecified atom stereocenters. The summed E-state index contributed by atoms with van der Waals surface area (Å²) in [7, 11) is -3.87. The summed E-state index contributed by atoms with van der Waals surface area (Å²) in [6, 6.07) is 4.45. The highest BCUT2D eigenvalue weighted by Crippen LogP contribution is 2.34. The van der Waals surface area contributed by atoms with Gasteiger partial charge in [-0.25, -0.2) is 18.1 Å². The summed E-state index contributed by atoms with van der Waals surface area (Å²) >= 11 is 0. The van der Waals surface area contributed by atoms with Gasteiger partial charge in [-0.15, -0.1) is 0 Å². The first-order valence-electron chi connectivity index (χ1n) is 7.76. The van der Waals surface area contributed by atoms with Gasteiger partial charge >= 0.3 is 6.18 Å². The fourth-order valence-corrected chi connectivity index (χ4v) is 3.65. The van der Waals surface area contributed by atoms with Crippen molar-refractivity contribution in [3.63, 3.8) is 0 Å². The molecule has 0 aliphatic heterocycles. The lowest BCUT2D eigenvalue weighted by Crippen LogP contribution is -2.35. The van der Waals surface area contributed by atoms with Crippen LogP contribution in [0, 0.1) is 0 Å². The topological polar surface area (TPSA) is 108 Å². The van der Waals surface area contributed by atoms with Crippen LogP contribution >= 0.6 is 0 Å². The van der Waals surface area contributed by atoms with Gasteiger partial charge < -0.3 is 10.1 Å². The molecule has 3 aromatic rings. The van der Waals surface area contributed by atoms with E-state index in [9.17, 15) is 21.6 Å². The molecule has 0 aliphatic carbocycles. The van der Waals surface area contributed by atoms with Crippen molar-refractivity contribution < 1.29 is 26.7 Å². The normalized spacial score (nSPS) is 13.8. The maximum atomic E-state index is 12.9. The van der Waals surface area contributed by atoms with Crippen molar-refractivity contribution in [1.82, 2.24) is 19.7 Å². The predicted octanol–water partition coefficient (Wildman–Crippen LogP) is 2.30. The third-order valence-corrected chi connectivity index (χ3v) is 5.36. The number of aromatic amines is 1. The van der Waals surface area contributed by atoms with Gasteiger partial charge in [-0.3, -0.25) is 4.98 Å². The fourth-order valence-electron chi connectivity index (χ4n) is 2.47. The maximum Gasteiger partial charge on any atom is 0.431 e. The number of aliphatic hydroxyl groups is 1. The zero-order valence-corrected chi connectivity index (χ0v) is 14.8. The van der Waals surface area contributed by atoms with E-state index in [0.29, 0.717) is 11.3 Å². The van der Waals surface area contributed by atoms with Crippen molar-refractivity contribution in [3.05, 3.63) is 42.4 Å². The van der Waals surface area contributed by atoms with E-state index in [1.165, 1.54) is 31.3 Å². The number of pyridine rings is 2. The van der Waals surface area contributed by atoms with Crippen LogP contribution in [0.25, 0.3) is 22.3 Å². The van der Waals surface area contributed by atoms with Gasteiger partial charge in [0.15, 0.2) is 0 Å². The fraction of sp³-hybridized carbons (Fsp3) is 0.250. The van der Waals surface area contributed by atoms with Crippen LogP contribution in [0.4, 0.5) is 13.2 Å². The van der Waals surface area contributed by atoms with E-state index in [1.807, 2.05) is 0 Å². The van der Waals surface area contributed by atoms with Crippen LogP contribution in [0.2, 0.25) is 0 Å².